The summed E-state index contributed by atoms with van der Waals surface area (Å²) in [6.45, 7) is 11.2. The Morgan fingerprint density at radius 3 is 2.29 bits per heavy atom. The summed E-state index contributed by atoms with van der Waals surface area (Å²) in [4.78, 5) is 22.5. The Hall–Kier alpha value is -1.89. The summed E-state index contributed by atoms with van der Waals surface area (Å²) in [5.74, 6) is 6.94. The first-order chi connectivity index (χ1) is 9.96. The number of hydrogen-bond acceptors (Lipinski definition) is 6. The maximum Gasteiger partial charge on any atom is 0.244 e. The topological polar surface area (TPSA) is 96.2 Å². The molecular formula is C14H26N6O. The third kappa shape index (κ3) is 4.04. The van der Waals surface area contributed by atoms with E-state index in [0.29, 0.717) is 24.7 Å². The van der Waals surface area contributed by atoms with E-state index in [1.54, 1.807) is 4.90 Å². The van der Waals surface area contributed by atoms with Crippen molar-refractivity contribution in [3.8, 4) is 0 Å². The van der Waals surface area contributed by atoms with E-state index in [2.05, 4.69) is 20.7 Å². The molecule has 0 aliphatic rings. The third-order valence-corrected chi connectivity index (χ3v) is 3.40. The fourth-order valence-electron chi connectivity index (χ4n) is 2.25. The average Bonchev–Trinajstić information content (AvgIpc) is 2.47. The highest BCUT2D eigenvalue weighted by atomic mass is 16.2. The molecule has 0 saturated heterocycles. The van der Waals surface area contributed by atoms with E-state index in [1.165, 1.54) is 6.33 Å². The number of carbonyl (C=O) groups excluding carboxylic acids is 1. The van der Waals surface area contributed by atoms with Gasteiger partial charge in [-0.2, -0.15) is 0 Å². The lowest BCUT2D eigenvalue weighted by atomic mass is 10.0. The summed E-state index contributed by atoms with van der Waals surface area (Å²) >= 11 is 0. The molecule has 1 amide bonds. The molecule has 1 rings (SSSR count). The van der Waals surface area contributed by atoms with Crippen LogP contribution in [0.1, 0.15) is 46.1 Å². The highest BCUT2D eigenvalue weighted by Crippen LogP contribution is 2.28. The van der Waals surface area contributed by atoms with Crippen molar-refractivity contribution in [2.75, 3.05) is 23.8 Å². The fourth-order valence-corrected chi connectivity index (χ4v) is 2.25. The number of anilines is 2. The highest BCUT2D eigenvalue weighted by molar-refractivity contribution is 5.84. The van der Waals surface area contributed by atoms with Crippen LogP contribution in [-0.4, -0.2) is 39.9 Å². The van der Waals surface area contributed by atoms with E-state index in [0.717, 1.165) is 5.56 Å². The zero-order valence-corrected chi connectivity index (χ0v) is 13.5. The van der Waals surface area contributed by atoms with Gasteiger partial charge in [-0.3, -0.25) is 4.79 Å². The van der Waals surface area contributed by atoms with E-state index < -0.39 is 0 Å². The monoisotopic (exact) mass is 294 g/mol. The summed E-state index contributed by atoms with van der Waals surface area (Å²) < 4.78 is 0. The number of hydrazine groups is 1. The first-order valence-corrected chi connectivity index (χ1v) is 7.32. The number of likely N-dealkylation sites (N-methyl/N-ethyl adjacent to an activating group) is 1. The number of nitrogens with two attached hydrogens (primary N) is 1. The highest BCUT2D eigenvalue weighted by Gasteiger charge is 2.21. The number of carbonyl (C=O) groups is 1. The second-order valence-electron chi connectivity index (χ2n) is 5.16. The number of aromatic nitrogens is 2. The first kappa shape index (κ1) is 17.2. The minimum atomic E-state index is -0.358. The molecule has 0 saturated carbocycles. The zero-order chi connectivity index (χ0) is 16.0. The van der Waals surface area contributed by atoms with Crippen LogP contribution in [0.3, 0.4) is 0 Å². The number of hydrogen-bond donors (Lipinski definition) is 3. The molecule has 0 aliphatic carbocycles. The van der Waals surface area contributed by atoms with Crippen molar-refractivity contribution >= 4 is 17.5 Å². The van der Waals surface area contributed by atoms with Gasteiger partial charge in [0.2, 0.25) is 5.91 Å². The Balaban J connectivity index is 3.00. The van der Waals surface area contributed by atoms with Crippen LogP contribution >= 0.6 is 0 Å². The number of nitrogens with one attached hydrogen (secondary N) is 2. The van der Waals surface area contributed by atoms with Crippen LogP contribution < -0.4 is 16.6 Å². The molecule has 7 heteroatoms. The van der Waals surface area contributed by atoms with Crippen LogP contribution in [0.15, 0.2) is 6.33 Å². The quantitative estimate of drug-likeness (QED) is 0.521. The van der Waals surface area contributed by atoms with E-state index in [9.17, 15) is 4.79 Å². The van der Waals surface area contributed by atoms with Gasteiger partial charge in [0.25, 0.3) is 0 Å². The van der Waals surface area contributed by atoms with E-state index in [1.807, 2.05) is 34.6 Å². The van der Waals surface area contributed by atoms with Crippen LogP contribution in [0, 0.1) is 0 Å². The summed E-state index contributed by atoms with van der Waals surface area (Å²) in [7, 11) is 0. The van der Waals surface area contributed by atoms with Crippen molar-refractivity contribution in [1.82, 2.24) is 14.9 Å². The van der Waals surface area contributed by atoms with Gasteiger partial charge in [-0.15, -0.1) is 0 Å². The maximum atomic E-state index is 12.3. The summed E-state index contributed by atoms with van der Waals surface area (Å²) in [5, 5.41) is 3.18. The lowest BCUT2D eigenvalue weighted by Crippen LogP contribution is -2.41. The standard InChI is InChI=1S/C14H26N6O/c1-6-20(7-2)14(21)10(5)18-12-11(9(3)4)13(19-15)17-8-16-12/h8-10H,6-7,15H2,1-5H3,(H2,16,17,18,19). The minimum Gasteiger partial charge on any atom is -0.358 e. The van der Waals surface area contributed by atoms with Gasteiger partial charge in [-0.05, 0) is 26.7 Å². The van der Waals surface area contributed by atoms with Crippen LogP contribution in [0.5, 0.6) is 0 Å². The molecule has 1 unspecified atom stereocenters. The molecule has 0 aromatic carbocycles. The molecule has 0 bridgehead atoms. The Labute approximate surface area is 126 Å². The van der Waals surface area contributed by atoms with Gasteiger partial charge in [0.1, 0.15) is 24.0 Å². The molecule has 0 fully saturated rings. The molecule has 0 radical (unpaired) electrons. The number of amides is 1. The van der Waals surface area contributed by atoms with Crippen molar-refractivity contribution in [3.63, 3.8) is 0 Å². The normalized spacial score (nSPS) is 12.1. The summed E-state index contributed by atoms with van der Waals surface area (Å²) in [6.07, 6.45) is 1.43. The lowest BCUT2D eigenvalue weighted by Gasteiger charge is -2.25. The Morgan fingerprint density at radius 1 is 1.24 bits per heavy atom. The second-order valence-corrected chi connectivity index (χ2v) is 5.16. The van der Waals surface area contributed by atoms with Gasteiger partial charge in [-0.1, -0.05) is 13.8 Å². The van der Waals surface area contributed by atoms with Crippen molar-refractivity contribution in [3.05, 3.63) is 11.9 Å². The van der Waals surface area contributed by atoms with E-state index in [4.69, 9.17) is 5.84 Å². The summed E-state index contributed by atoms with van der Waals surface area (Å²) in [6, 6.07) is -0.358. The molecule has 4 N–H and O–H groups in total. The molecule has 7 nitrogen and oxygen atoms in total. The van der Waals surface area contributed by atoms with Gasteiger partial charge in [0.05, 0.1) is 0 Å². The second kappa shape index (κ2) is 7.78. The van der Waals surface area contributed by atoms with E-state index in [-0.39, 0.29) is 17.9 Å². The number of nitrogens with zero attached hydrogens (tertiary/aromatic N) is 3. The first-order valence-electron chi connectivity index (χ1n) is 7.32. The molecule has 1 aromatic heterocycles. The maximum absolute atomic E-state index is 12.3. The number of nitrogen functional groups attached to an aromatic ring is 1. The Bertz CT molecular complexity index is 473. The minimum absolute atomic E-state index is 0.0515. The van der Waals surface area contributed by atoms with Gasteiger partial charge in [0.15, 0.2) is 0 Å². The largest absolute Gasteiger partial charge is 0.358 e. The smallest absolute Gasteiger partial charge is 0.244 e. The molecular weight excluding hydrogens is 268 g/mol. The molecule has 118 valence electrons. The molecule has 1 heterocycles. The van der Waals surface area contributed by atoms with Crippen molar-refractivity contribution in [2.45, 2.75) is 46.6 Å². The molecule has 0 aliphatic heterocycles. The van der Waals surface area contributed by atoms with Gasteiger partial charge in [-0.25, -0.2) is 15.8 Å². The Kier molecular flexibility index (Phi) is 6.36. The molecule has 21 heavy (non-hydrogen) atoms. The molecule has 1 atom stereocenters. The van der Waals surface area contributed by atoms with Crippen LogP contribution in [0.4, 0.5) is 11.6 Å². The van der Waals surface area contributed by atoms with Crippen LogP contribution in [0.25, 0.3) is 0 Å². The van der Waals surface area contributed by atoms with Crippen molar-refractivity contribution in [2.24, 2.45) is 5.84 Å². The summed E-state index contributed by atoms with van der Waals surface area (Å²) in [5.41, 5.74) is 3.45. The van der Waals surface area contributed by atoms with Crippen molar-refractivity contribution in [1.29, 1.82) is 0 Å². The molecule has 1 aromatic rings. The number of rotatable bonds is 7. The fraction of sp³-hybridized carbons (Fsp3) is 0.643. The van der Waals surface area contributed by atoms with Gasteiger partial charge < -0.3 is 15.6 Å². The van der Waals surface area contributed by atoms with Crippen LogP contribution in [0.2, 0.25) is 0 Å². The predicted octanol–water partition coefficient (Wildman–Crippen LogP) is 1.55. The van der Waals surface area contributed by atoms with Gasteiger partial charge >= 0.3 is 0 Å². The van der Waals surface area contributed by atoms with Crippen molar-refractivity contribution < 1.29 is 4.79 Å². The average molecular weight is 294 g/mol. The Morgan fingerprint density at radius 2 is 1.81 bits per heavy atom. The van der Waals surface area contributed by atoms with E-state index >= 15 is 0 Å². The van der Waals surface area contributed by atoms with Crippen LogP contribution in [-0.2, 0) is 4.79 Å². The lowest BCUT2D eigenvalue weighted by molar-refractivity contribution is -0.131. The molecule has 0 spiro atoms. The zero-order valence-electron chi connectivity index (χ0n) is 13.5. The predicted molar refractivity (Wildman–Crippen MR) is 84.9 cm³/mol. The third-order valence-electron chi connectivity index (χ3n) is 3.40. The SMILES string of the molecule is CCN(CC)C(=O)C(C)Nc1ncnc(NN)c1C(C)C. The van der Waals surface area contributed by atoms with Gasteiger partial charge in [0, 0.05) is 18.7 Å².